The van der Waals surface area contributed by atoms with E-state index in [0.717, 1.165) is 31.1 Å². The van der Waals surface area contributed by atoms with Gasteiger partial charge < -0.3 is 14.6 Å². The van der Waals surface area contributed by atoms with Gasteiger partial charge in [-0.2, -0.15) is 0 Å². The lowest BCUT2D eigenvalue weighted by Gasteiger charge is -2.43. The molecule has 2 aliphatic carbocycles. The average Bonchev–Trinajstić information content (AvgIpc) is 2.91. The first-order chi connectivity index (χ1) is 11.6. The zero-order valence-corrected chi connectivity index (χ0v) is 15.5. The first kappa shape index (κ1) is 17.6. The van der Waals surface area contributed by atoms with Gasteiger partial charge in [-0.25, -0.2) is 0 Å². The monoisotopic (exact) mass is 352 g/mol. The van der Waals surface area contributed by atoms with Gasteiger partial charge in [0.15, 0.2) is 0 Å². The molecule has 0 saturated heterocycles. The minimum absolute atomic E-state index is 0.163. The van der Waals surface area contributed by atoms with Gasteiger partial charge in [-0.05, 0) is 61.4 Å². The third-order valence-corrected chi connectivity index (χ3v) is 5.82. The van der Waals surface area contributed by atoms with Crippen LogP contribution in [0, 0.1) is 17.8 Å². The molecular weight excluding hydrogens is 324 g/mol. The van der Waals surface area contributed by atoms with Gasteiger partial charge in [0, 0.05) is 6.04 Å². The van der Waals surface area contributed by atoms with Crippen LogP contribution in [0.25, 0.3) is 0 Å². The molecule has 1 heterocycles. The highest BCUT2D eigenvalue weighted by Crippen LogP contribution is 2.42. The molecule has 0 radical (unpaired) electrons. The zero-order chi connectivity index (χ0) is 17.1. The van der Waals surface area contributed by atoms with Crippen molar-refractivity contribution in [1.82, 2.24) is 10.5 Å². The van der Waals surface area contributed by atoms with E-state index in [1.165, 1.54) is 25.7 Å². The lowest BCUT2D eigenvalue weighted by Crippen LogP contribution is -2.46. The van der Waals surface area contributed by atoms with Gasteiger partial charge in [0.1, 0.15) is 4.90 Å². The fourth-order valence-corrected chi connectivity index (χ4v) is 4.52. The molecule has 0 aliphatic heterocycles. The van der Waals surface area contributed by atoms with E-state index in [2.05, 4.69) is 36.9 Å². The predicted octanol–water partition coefficient (Wildman–Crippen LogP) is 4.09. The maximum Gasteiger partial charge on any atom is 0.291 e. The molecule has 0 aromatic carbocycles. The van der Waals surface area contributed by atoms with E-state index in [1.807, 2.05) is 0 Å². The number of thiol groups is 1. The zero-order valence-electron chi connectivity index (χ0n) is 14.6. The highest BCUT2D eigenvalue weighted by atomic mass is 32.1. The summed E-state index contributed by atoms with van der Waals surface area (Å²) < 4.78 is 10.7. The first-order valence-electron chi connectivity index (χ1n) is 9.20. The summed E-state index contributed by atoms with van der Waals surface area (Å²) >= 11 is 4.36. The Labute approximate surface area is 149 Å². The van der Waals surface area contributed by atoms with Crippen LogP contribution < -0.4 is 10.1 Å². The molecule has 3 rings (SSSR count). The Morgan fingerprint density at radius 3 is 3.00 bits per heavy atom. The Morgan fingerprint density at radius 2 is 2.21 bits per heavy atom. The van der Waals surface area contributed by atoms with Gasteiger partial charge in [0.2, 0.25) is 5.76 Å². The van der Waals surface area contributed by atoms with Crippen molar-refractivity contribution in [2.45, 2.75) is 69.7 Å². The van der Waals surface area contributed by atoms with Gasteiger partial charge in [0.25, 0.3) is 11.8 Å². The number of aromatic nitrogens is 1. The molecule has 2 aliphatic rings. The quantitative estimate of drug-likeness (QED) is 0.598. The van der Waals surface area contributed by atoms with Crippen LogP contribution in [0.15, 0.2) is 9.42 Å². The van der Waals surface area contributed by atoms with Crippen molar-refractivity contribution in [3.8, 4) is 5.88 Å². The number of nitrogens with zero attached hydrogens (tertiary/aromatic N) is 1. The topological polar surface area (TPSA) is 64.4 Å². The van der Waals surface area contributed by atoms with Crippen LogP contribution in [0.4, 0.5) is 0 Å². The van der Waals surface area contributed by atoms with E-state index in [0.29, 0.717) is 23.3 Å². The Kier molecular flexibility index (Phi) is 5.74. The predicted molar refractivity (Wildman–Crippen MR) is 94.6 cm³/mol. The normalized spacial score (nSPS) is 29.3. The molecule has 5 nitrogen and oxygen atoms in total. The molecule has 6 heteroatoms. The van der Waals surface area contributed by atoms with Crippen LogP contribution in [-0.4, -0.2) is 23.7 Å². The molecule has 4 unspecified atom stereocenters. The number of fused-ring (bicyclic) bond motifs is 2. The fraction of sp³-hybridized carbons (Fsp3) is 0.778. The van der Waals surface area contributed by atoms with Crippen molar-refractivity contribution in [3.05, 3.63) is 5.76 Å². The number of hydrogen-bond acceptors (Lipinski definition) is 5. The minimum Gasteiger partial charge on any atom is -0.475 e. The third-order valence-electron chi connectivity index (χ3n) is 5.43. The number of unbranched alkanes of at least 4 members (excludes halogenated alkanes) is 1. The van der Waals surface area contributed by atoms with Gasteiger partial charge in [-0.15, -0.1) is 12.6 Å². The molecule has 24 heavy (non-hydrogen) atoms. The summed E-state index contributed by atoms with van der Waals surface area (Å²) in [6, 6.07) is 0.235. The summed E-state index contributed by atoms with van der Waals surface area (Å²) in [6.45, 7) is 4.97. The first-order valence-corrected chi connectivity index (χ1v) is 9.65. The van der Waals surface area contributed by atoms with Gasteiger partial charge >= 0.3 is 0 Å². The van der Waals surface area contributed by atoms with Gasteiger partial charge in [-0.1, -0.05) is 20.3 Å². The molecular formula is C18H28N2O3S. The van der Waals surface area contributed by atoms with Gasteiger partial charge in [0.05, 0.1) is 6.61 Å². The molecule has 0 spiro atoms. The lowest BCUT2D eigenvalue weighted by molar-refractivity contribution is 0.0757. The van der Waals surface area contributed by atoms with E-state index >= 15 is 0 Å². The maximum atomic E-state index is 12.6. The van der Waals surface area contributed by atoms with Crippen molar-refractivity contribution in [2.75, 3.05) is 6.61 Å². The molecule has 1 aromatic rings. The second-order valence-electron chi connectivity index (χ2n) is 7.46. The fourth-order valence-electron chi connectivity index (χ4n) is 4.27. The van der Waals surface area contributed by atoms with Crippen molar-refractivity contribution in [2.24, 2.45) is 17.8 Å². The van der Waals surface area contributed by atoms with E-state index in [9.17, 15) is 4.79 Å². The van der Waals surface area contributed by atoms with Crippen molar-refractivity contribution in [3.63, 3.8) is 0 Å². The summed E-state index contributed by atoms with van der Waals surface area (Å²) in [7, 11) is 0. The third kappa shape index (κ3) is 3.90. The highest BCUT2D eigenvalue weighted by Gasteiger charge is 2.37. The molecule has 1 amide bonds. The van der Waals surface area contributed by atoms with Crippen molar-refractivity contribution >= 4 is 18.5 Å². The maximum absolute atomic E-state index is 12.6. The molecule has 1 aromatic heterocycles. The van der Waals surface area contributed by atoms with Crippen LogP contribution in [-0.2, 0) is 0 Å². The molecule has 1 N–H and O–H groups in total. The van der Waals surface area contributed by atoms with Crippen molar-refractivity contribution < 1.29 is 14.1 Å². The van der Waals surface area contributed by atoms with E-state index in [-0.39, 0.29) is 17.7 Å². The minimum atomic E-state index is -0.223. The smallest absolute Gasteiger partial charge is 0.291 e. The summed E-state index contributed by atoms with van der Waals surface area (Å²) in [5, 5.41) is 7.00. The standard InChI is InChI=1S/C18H28N2O3S/c1-3-4-7-22-18-16(24)15(23-20-18)17(21)19-14-6-5-12-8-11(2)9-13(14)10-12/h11-14,24H,3-10H2,1-2H3,(H,19,21). The Balaban J connectivity index is 1.60. The number of amides is 1. The van der Waals surface area contributed by atoms with Gasteiger partial charge in [-0.3, -0.25) is 4.79 Å². The van der Waals surface area contributed by atoms with E-state index < -0.39 is 0 Å². The number of ether oxygens (including phenoxy) is 1. The second kappa shape index (κ2) is 7.81. The molecule has 134 valence electrons. The summed E-state index contributed by atoms with van der Waals surface area (Å²) in [5.41, 5.74) is 0. The largest absolute Gasteiger partial charge is 0.475 e. The van der Waals surface area contributed by atoms with Crippen LogP contribution in [0.2, 0.25) is 0 Å². The van der Waals surface area contributed by atoms with Crippen LogP contribution in [0.5, 0.6) is 5.88 Å². The van der Waals surface area contributed by atoms with Crippen LogP contribution in [0.3, 0.4) is 0 Å². The second-order valence-corrected chi connectivity index (χ2v) is 7.91. The summed E-state index contributed by atoms with van der Waals surface area (Å²) in [5.74, 6) is 2.44. The molecule has 2 fully saturated rings. The molecule has 2 saturated carbocycles. The van der Waals surface area contributed by atoms with Crippen LogP contribution >= 0.6 is 12.6 Å². The number of carbonyl (C=O) groups is 1. The Hall–Kier alpha value is -1.17. The number of nitrogens with one attached hydrogen (secondary N) is 1. The highest BCUT2D eigenvalue weighted by molar-refractivity contribution is 7.80. The van der Waals surface area contributed by atoms with Crippen molar-refractivity contribution in [1.29, 1.82) is 0 Å². The number of hydrogen-bond donors (Lipinski definition) is 2. The van der Waals surface area contributed by atoms with E-state index in [4.69, 9.17) is 9.26 Å². The average molecular weight is 353 g/mol. The van der Waals surface area contributed by atoms with Crippen LogP contribution in [0.1, 0.15) is 69.3 Å². The molecule has 4 atom stereocenters. The Bertz CT molecular complexity index is 573. The number of rotatable bonds is 6. The number of carbonyl (C=O) groups excluding carboxylic acids is 1. The SMILES string of the molecule is CCCCOc1noc(C(=O)NC2CCC3CC(C)CC2C3)c1S. The summed E-state index contributed by atoms with van der Waals surface area (Å²) in [6.07, 6.45) is 8.03. The summed E-state index contributed by atoms with van der Waals surface area (Å²) in [4.78, 5) is 13.0. The molecule has 2 bridgehead atoms. The lowest BCUT2D eigenvalue weighted by atomic mass is 9.66. The van der Waals surface area contributed by atoms with E-state index in [1.54, 1.807) is 0 Å². The Morgan fingerprint density at radius 1 is 1.38 bits per heavy atom.